The first kappa shape index (κ1) is 16.9. The van der Waals surface area contributed by atoms with Gasteiger partial charge in [0.1, 0.15) is 0 Å². The van der Waals surface area contributed by atoms with Crippen molar-refractivity contribution in [3.63, 3.8) is 0 Å². The molecule has 1 aliphatic heterocycles. The van der Waals surface area contributed by atoms with Gasteiger partial charge in [-0.15, -0.1) is 11.8 Å². The molecule has 3 nitrogen and oxygen atoms in total. The van der Waals surface area contributed by atoms with Gasteiger partial charge in [-0.1, -0.05) is 54.1 Å². The summed E-state index contributed by atoms with van der Waals surface area (Å²) < 4.78 is 28.0. The molecule has 0 aliphatic carbocycles. The molecule has 0 saturated carbocycles. The van der Waals surface area contributed by atoms with Crippen LogP contribution in [0.1, 0.15) is 10.9 Å². The van der Waals surface area contributed by atoms with Crippen LogP contribution in [0.4, 0.5) is 0 Å². The van der Waals surface area contributed by atoms with Crippen molar-refractivity contribution in [2.24, 2.45) is 0 Å². The fourth-order valence-electron chi connectivity index (χ4n) is 3.09. The third-order valence-corrected chi connectivity index (χ3v) is 7.80. The normalized spacial score (nSPS) is 18.7. The molecule has 3 aromatic rings. The molecule has 6 heteroatoms. The molecule has 0 radical (unpaired) electrons. The van der Waals surface area contributed by atoms with E-state index in [0.29, 0.717) is 16.5 Å². The van der Waals surface area contributed by atoms with E-state index in [1.54, 1.807) is 34.3 Å². The quantitative estimate of drug-likeness (QED) is 0.637. The van der Waals surface area contributed by atoms with Crippen LogP contribution in [0.25, 0.3) is 10.8 Å². The van der Waals surface area contributed by atoms with Crippen LogP contribution in [0, 0.1) is 0 Å². The monoisotopic (exact) mass is 389 g/mol. The molecule has 128 valence electrons. The molecule has 3 aromatic carbocycles. The molecule has 25 heavy (non-hydrogen) atoms. The highest BCUT2D eigenvalue weighted by atomic mass is 35.5. The van der Waals surface area contributed by atoms with E-state index in [9.17, 15) is 8.42 Å². The molecule has 1 atom stereocenters. The van der Waals surface area contributed by atoms with Gasteiger partial charge in [-0.2, -0.15) is 4.31 Å². The first-order chi connectivity index (χ1) is 12.1. The number of sulfonamides is 1. The SMILES string of the molecule is O=S(=O)(c1ccc2ccccc2c1)N1CCSC1c1cccc(Cl)c1. The fraction of sp³-hybridized carbons (Fsp3) is 0.158. The van der Waals surface area contributed by atoms with E-state index in [-0.39, 0.29) is 5.37 Å². The first-order valence-electron chi connectivity index (χ1n) is 7.93. The summed E-state index contributed by atoms with van der Waals surface area (Å²) in [7, 11) is -3.57. The summed E-state index contributed by atoms with van der Waals surface area (Å²) in [4.78, 5) is 0.334. The summed E-state index contributed by atoms with van der Waals surface area (Å²) in [5, 5.41) is 2.33. The smallest absolute Gasteiger partial charge is 0.207 e. The molecular formula is C19H16ClNO2S2. The number of nitrogens with zero attached hydrogens (tertiary/aromatic N) is 1. The zero-order valence-electron chi connectivity index (χ0n) is 13.3. The Labute approximate surface area is 156 Å². The van der Waals surface area contributed by atoms with Crippen LogP contribution < -0.4 is 0 Å². The Morgan fingerprint density at radius 2 is 1.76 bits per heavy atom. The number of thioether (sulfide) groups is 1. The molecule has 0 amide bonds. The van der Waals surface area contributed by atoms with E-state index in [1.807, 2.05) is 48.5 Å². The maximum absolute atomic E-state index is 13.2. The average Bonchev–Trinajstić information content (AvgIpc) is 3.12. The van der Waals surface area contributed by atoms with Gasteiger partial charge in [-0.05, 0) is 40.6 Å². The van der Waals surface area contributed by atoms with Crippen molar-refractivity contribution in [3.8, 4) is 0 Å². The molecule has 0 spiro atoms. The Hall–Kier alpha value is -1.53. The molecule has 1 heterocycles. The first-order valence-corrected chi connectivity index (χ1v) is 10.8. The van der Waals surface area contributed by atoms with Crippen LogP contribution in [-0.2, 0) is 10.0 Å². The van der Waals surface area contributed by atoms with Crippen molar-refractivity contribution in [1.29, 1.82) is 0 Å². The van der Waals surface area contributed by atoms with E-state index in [4.69, 9.17) is 11.6 Å². The minimum atomic E-state index is -3.57. The van der Waals surface area contributed by atoms with E-state index >= 15 is 0 Å². The van der Waals surface area contributed by atoms with E-state index in [1.165, 1.54) is 0 Å². The van der Waals surface area contributed by atoms with Crippen LogP contribution in [0.3, 0.4) is 0 Å². The van der Waals surface area contributed by atoms with E-state index < -0.39 is 10.0 Å². The Bertz CT molecular complexity index is 1040. The van der Waals surface area contributed by atoms with Gasteiger partial charge in [-0.25, -0.2) is 8.42 Å². The van der Waals surface area contributed by atoms with Gasteiger partial charge in [0.2, 0.25) is 10.0 Å². The van der Waals surface area contributed by atoms with Gasteiger partial charge in [-0.3, -0.25) is 0 Å². The number of hydrogen-bond donors (Lipinski definition) is 0. The van der Waals surface area contributed by atoms with Gasteiger partial charge in [0.05, 0.1) is 10.3 Å². The number of hydrogen-bond acceptors (Lipinski definition) is 3. The summed E-state index contributed by atoms with van der Waals surface area (Å²) in [5.74, 6) is 0.768. The number of halogens is 1. The standard InChI is InChI=1S/C19H16ClNO2S2/c20-17-7-3-6-16(12-17)19-21(10-11-24-19)25(22,23)18-9-8-14-4-1-2-5-15(14)13-18/h1-9,12-13,19H,10-11H2. The largest absolute Gasteiger partial charge is 0.244 e. The van der Waals surface area contributed by atoms with E-state index in [0.717, 1.165) is 22.1 Å². The van der Waals surface area contributed by atoms with Gasteiger partial charge >= 0.3 is 0 Å². The van der Waals surface area contributed by atoms with Crippen molar-refractivity contribution in [2.75, 3.05) is 12.3 Å². The molecule has 0 N–H and O–H groups in total. The topological polar surface area (TPSA) is 37.4 Å². The molecule has 4 rings (SSSR count). The average molecular weight is 390 g/mol. The fourth-order valence-corrected chi connectivity index (χ4v) is 6.55. The van der Waals surface area contributed by atoms with Crippen molar-refractivity contribution in [2.45, 2.75) is 10.3 Å². The van der Waals surface area contributed by atoms with Crippen LogP contribution in [-0.4, -0.2) is 25.0 Å². The van der Waals surface area contributed by atoms with Crippen LogP contribution in [0.2, 0.25) is 5.02 Å². The van der Waals surface area contributed by atoms with Crippen LogP contribution in [0.5, 0.6) is 0 Å². The Kier molecular flexibility index (Phi) is 4.50. The van der Waals surface area contributed by atoms with E-state index in [2.05, 4.69) is 0 Å². The third-order valence-electron chi connectivity index (χ3n) is 4.31. The van der Waals surface area contributed by atoms with Crippen LogP contribution in [0.15, 0.2) is 71.6 Å². The van der Waals surface area contributed by atoms with Gasteiger partial charge in [0.15, 0.2) is 0 Å². The minimum absolute atomic E-state index is 0.241. The van der Waals surface area contributed by atoms with Crippen molar-refractivity contribution < 1.29 is 8.42 Å². The minimum Gasteiger partial charge on any atom is -0.207 e. The van der Waals surface area contributed by atoms with Crippen LogP contribution >= 0.6 is 23.4 Å². The number of benzene rings is 3. The number of fused-ring (bicyclic) bond motifs is 1. The Balaban J connectivity index is 1.75. The van der Waals surface area contributed by atoms with Gasteiger partial charge in [0.25, 0.3) is 0 Å². The maximum Gasteiger partial charge on any atom is 0.244 e. The summed E-state index contributed by atoms with van der Waals surface area (Å²) in [6.45, 7) is 0.497. The third kappa shape index (κ3) is 3.17. The number of rotatable bonds is 3. The highest BCUT2D eigenvalue weighted by Gasteiger charge is 2.36. The molecule has 1 saturated heterocycles. The van der Waals surface area contributed by atoms with Gasteiger partial charge in [0, 0.05) is 17.3 Å². The zero-order valence-corrected chi connectivity index (χ0v) is 15.7. The molecule has 0 bridgehead atoms. The van der Waals surface area contributed by atoms with Crippen molar-refractivity contribution in [3.05, 3.63) is 77.3 Å². The molecular weight excluding hydrogens is 374 g/mol. The lowest BCUT2D eigenvalue weighted by Gasteiger charge is -2.24. The Morgan fingerprint density at radius 1 is 0.960 bits per heavy atom. The van der Waals surface area contributed by atoms with Gasteiger partial charge < -0.3 is 0 Å². The molecule has 1 aliphatic rings. The molecule has 1 fully saturated rings. The second-order valence-corrected chi connectivity index (χ2v) is 9.42. The maximum atomic E-state index is 13.2. The molecule has 1 unspecified atom stereocenters. The predicted octanol–water partition coefficient (Wildman–Crippen LogP) is 4.93. The van der Waals surface area contributed by atoms with Crippen molar-refractivity contribution >= 4 is 44.2 Å². The summed E-state index contributed by atoms with van der Waals surface area (Å²) in [6, 6.07) is 20.5. The lowest BCUT2D eigenvalue weighted by Crippen LogP contribution is -2.30. The highest BCUT2D eigenvalue weighted by Crippen LogP contribution is 2.42. The molecule has 0 aromatic heterocycles. The predicted molar refractivity (Wildman–Crippen MR) is 104 cm³/mol. The summed E-state index contributed by atoms with van der Waals surface area (Å²) in [6.07, 6.45) is 0. The lowest BCUT2D eigenvalue weighted by molar-refractivity contribution is 0.434. The Morgan fingerprint density at radius 3 is 2.56 bits per heavy atom. The lowest BCUT2D eigenvalue weighted by atomic mass is 10.1. The van der Waals surface area contributed by atoms with Crippen molar-refractivity contribution in [1.82, 2.24) is 4.31 Å². The highest BCUT2D eigenvalue weighted by molar-refractivity contribution is 8.01. The second-order valence-electron chi connectivity index (χ2n) is 5.90. The zero-order chi connectivity index (χ0) is 17.4. The second kappa shape index (κ2) is 6.65. The summed E-state index contributed by atoms with van der Waals surface area (Å²) >= 11 is 7.72. The summed E-state index contributed by atoms with van der Waals surface area (Å²) in [5.41, 5.74) is 0.916.